The Bertz CT molecular complexity index is 1120. The van der Waals surface area contributed by atoms with E-state index in [0.717, 1.165) is 17.2 Å². The molecule has 3 aromatic rings. The first-order chi connectivity index (χ1) is 14.2. The molecule has 2 amide bonds. The Balaban J connectivity index is 1.84. The molecule has 0 bridgehead atoms. The Kier molecular flexibility index (Phi) is 6.37. The van der Waals surface area contributed by atoms with Crippen molar-refractivity contribution in [2.75, 3.05) is 10.2 Å². The second-order valence-corrected chi connectivity index (χ2v) is 6.90. The number of aromatic nitrogens is 2. The Hall–Kier alpha value is -3.39. The van der Waals surface area contributed by atoms with E-state index in [2.05, 4.69) is 15.3 Å². The van der Waals surface area contributed by atoms with Gasteiger partial charge in [0.05, 0.1) is 18.3 Å². The smallest absolute Gasteiger partial charge is 0.229 e. The molecule has 154 valence electrons. The van der Waals surface area contributed by atoms with Gasteiger partial charge in [-0.25, -0.2) is 13.8 Å². The molecule has 0 spiro atoms. The van der Waals surface area contributed by atoms with E-state index >= 15 is 0 Å². The van der Waals surface area contributed by atoms with E-state index in [-0.39, 0.29) is 22.9 Å². The van der Waals surface area contributed by atoms with Crippen molar-refractivity contribution in [3.63, 3.8) is 0 Å². The molecule has 1 aromatic carbocycles. The summed E-state index contributed by atoms with van der Waals surface area (Å²) < 4.78 is 27.4. The first-order valence-electron chi connectivity index (χ1n) is 8.87. The molecule has 0 aliphatic carbocycles. The lowest BCUT2D eigenvalue weighted by Crippen LogP contribution is -2.25. The molecule has 0 saturated heterocycles. The molecular weight excluding hydrogens is 414 g/mol. The number of pyridine rings is 2. The number of carbonyl (C=O) groups is 2. The van der Waals surface area contributed by atoms with E-state index in [4.69, 9.17) is 11.6 Å². The van der Waals surface area contributed by atoms with Crippen LogP contribution in [0, 0.1) is 18.6 Å². The minimum absolute atomic E-state index is 0.00377. The van der Waals surface area contributed by atoms with Crippen molar-refractivity contribution >= 4 is 40.6 Å². The lowest BCUT2D eigenvalue weighted by atomic mass is 10.1. The predicted molar refractivity (Wildman–Crippen MR) is 110 cm³/mol. The fourth-order valence-corrected chi connectivity index (χ4v) is 3.05. The van der Waals surface area contributed by atoms with Gasteiger partial charge in [0.25, 0.3) is 0 Å². The maximum absolute atomic E-state index is 14.3. The molecule has 0 radical (unpaired) electrons. The van der Waals surface area contributed by atoms with Crippen LogP contribution in [0.25, 0.3) is 0 Å². The molecular formula is C21H17ClF2N4O2. The second-order valence-electron chi connectivity index (χ2n) is 6.49. The van der Waals surface area contributed by atoms with Gasteiger partial charge in [-0.15, -0.1) is 0 Å². The van der Waals surface area contributed by atoms with Gasteiger partial charge in [0.15, 0.2) is 5.82 Å². The summed E-state index contributed by atoms with van der Waals surface area (Å²) in [5.74, 6) is -1.91. The molecule has 0 unspecified atom stereocenters. The number of benzene rings is 1. The fourth-order valence-electron chi connectivity index (χ4n) is 2.82. The van der Waals surface area contributed by atoms with Gasteiger partial charge in [-0.1, -0.05) is 17.7 Å². The number of hydrogen-bond acceptors (Lipinski definition) is 4. The predicted octanol–water partition coefficient (Wildman–Crippen LogP) is 4.58. The first-order valence-corrected chi connectivity index (χ1v) is 9.25. The van der Waals surface area contributed by atoms with Crippen LogP contribution in [-0.4, -0.2) is 21.8 Å². The van der Waals surface area contributed by atoms with Crippen molar-refractivity contribution in [2.24, 2.45) is 0 Å². The minimum Gasteiger partial charge on any atom is -0.326 e. The Morgan fingerprint density at radius 1 is 1.13 bits per heavy atom. The highest BCUT2D eigenvalue weighted by molar-refractivity contribution is 6.31. The van der Waals surface area contributed by atoms with Gasteiger partial charge >= 0.3 is 0 Å². The summed E-state index contributed by atoms with van der Waals surface area (Å²) in [7, 11) is 0. The normalized spacial score (nSPS) is 10.6. The summed E-state index contributed by atoms with van der Waals surface area (Å²) in [5.41, 5.74) is 1.34. The van der Waals surface area contributed by atoms with Crippen molar-refractivity contribution in [1.82, 2.24) is 9.97 Å². The van der Waals surface area contributed by atoms with Crippen LogP contribution in [0.2, 0.25) is 5.02 Å². The maximum Gasteiger partial charge on any atom is 0.229 e. The molecule has 1 N–H and O–H groups in total. The lowest BCUT2D eigenvalue weighted by Gasteiger charge is -2.21. The van der Waals surface area contributed by atoms with E-state index < -0.39 is 23.4 Å². The van der Waals surface area contributed by atoms with E-state index in [0.29, 0.717) is 16.9 Å². The van der Waals surface area contributed by atoms with Gasteiger partial charge in [0, 0.05) is 35.6 Å². The number of anilines is 3. The average Bonchev–Trinajstić information content (AvgIpc) is 2.67. The molecule has 0 saturated carbocycles. The van der Waals surface area contributed by atoms with Crippen molar-refractivity contribution < 1.29 is 18.4 Å². The summed E-state index contributed by atoms with van der Waals surface area (Å²) in [6.45, 7) is 2.95. The average molecular weight is 431 g/mol. The van der Waals surface area contributed by atoms with E-state index in [1.807, 2.05) is 0 Å². The van der Waals surface area contributed by atoms with Crippen LogP contribution in [0.15, 0.2) is 48.8 Å². The van der Waals surface area contributed by atoms with Crippen LogP contribution >= 0.6 is 11.6 Å². The van der Waals surface area contributed by atoms with Crippen molar-refractivity contribution in [1.29, 1.82) is 0 Å². The largest absolute Gasteiger partial charge is 0.326 e. The highest BCUT2D eigenvalue weighted by atomic mass is 35.5. The zero-order valence-corrected chi connectivity index (χ0v) is 16.9. The Morgan fingerprint density at radius 2 is 1.90 bits per heavy atom. The van der Waals surface area contributed by atoms with Crippen LogP contribution in [0.3, 0.4) is 0 Å². The number of carbonyl (C=O) groups excluding carboxylic acids is 2. The quantitative estimate of drug-likeness (QED) is 0.642. The minimum atomic E-state index is -0.682. The highest BCUT2D eigenvalue weighted by Gasteiger charge is 2.20. The van der Waals surface area contributed by atoms with Crippen LogP contribution < -0.4 is 10.2 Å². The number of rotatable bonds is 5. The van der Waals surface area contributed by atoms with Gasteiger partial charge in [-0.2, -0.15) is 0 Å². The summed E-state index contributed by atoms with van der Waals surface area (Å²) in [6, 6.07) is 8.18. The van der Waals surface area contributed by atoms with Crippen molar-refractivity contribution in [3.8, 4) is 0 Å². The number of nitrogens with one attached hydrogen (secondary N) is 1. The Labute approximate surface area is 176 Å². The molecule has 2 aromatic heterocycles. The molecule has 3 rings (SSSR count). The standard InChI is InChI=1S/C21H17ClF2N4O2/c1-12-7-19(18(24)11-26-12)28(13(2)29)20-10-16(5-6-25-20)27-21(30)8-14-3-4-15(23)9-17(14)22/h3-7,9-11H,8H2,1-2H3,(H,25,27,30). The van der Waals surface area contributed by atoms with Gasteiger partial charge in [-0.05, 0) is 36.8 Å². The molecule has 6 nitrogen and oxygen atoms in total. The fraction of sp³-hybridized carbons (Fsp3) is 0.143. The first kappa shape index (κ1) is 21.3. The van der Waals surface area contributed by atoms with Gasteiger partial charge in [-0.3, -0.25) is 19.5 Å². The van der Waals surface area contributed by atoms with Crippen molar-refractivity contribution in [2.45, 2.75) is 20.3 Å². The van der Waals surface area contributed by atoms with Crippen molar-refractivity contribution in [3.05, 3.63) is 76.7 Å². The number of aryl methyl sites for hydroxylation is 1. The molecule has 0 aliphatic heterocycles. The van der Waals surface area contributed by atoms with E-state index in [1.54, 1.807) is 6.92 Å². The molecule has 30 heavy (non-hydrogen) atoms. The monoisotopic (exact) mass is 430 g/mol. The van der Waals surface area contributed by atoms with Gasteiger partial charge in [0.1, 0.15) is 11.6 Å². The summed E-state index contributed by atoms with van der Waals surface area (Å²) in [6.07, 6.45) is 2.34. The zero-order chi connectivity index (χ0) is 21.8. The summed E-state index contributed by atoms with van der Waals surface area (Å²) >= 11 is 5.96. The molecule has 0 aliphatic rings. The number of nitrogens with zero attached hydrogens (tertiary/aromatic N) is 3. The summed E-state index contributed by atoms with van der Waals surface area (Å²) in [4.78, 5) is 33.7. The third-order valence-corrected chi connectivity index (χ3v) is 4.50. The van der Waals surface area contributed by atoms with Crippen LogP contribution in [0.1, 0.15) is 18.2 Å². The maximum atomic E-state index is 14.3. The number of halogens is 3. The summed E-state index contributed by atoms with van der Waals surface area (Å²) in [5, 5.41) is 2.81. The topological polar surface area (TPSA) is 75.2 Å². The van der Waals surface area contributed by atoms with Crippen LogP contribution in [-0.2, 0) is 16.0 Å². The third kappa shape index (κ3) is 4.96. The van der Waals surface area contributed by atoms with Crippen LogP contribution in [0.4, 0.5) is 26.0 Å². The van der Waals surface area contributed by atoms with Gasteiger partial charge < -0.3 is 5.32 Å². The number of hydrogen-bond donors (Lipinski definition) is 1. The molecule has 0 fully saturated rings. The molecule has 9 heteroatoms. The molecule has 0 atom stereocenters. The zero-order valence-electron chi connectivity index (χ0n) is 16.1. The SMILES string of the molecule is CC(=O)N(c1cc(NC(=O)Cc2ccc(F)cc2Cl)ccn1)c1cc(C)ncc1F. The van der Waals surface area contributed by atoms with E-state index in [1.165, 1.54) is 43.5 Å². The number of amides is 2. The highest BCUT2D eigenvalue weighted by Crippen LogP contribution is 2.28. The Morgan fingerprint density at radius 3 is 2.60 bits per heavy atom. The van der Waals surface area contributed by atoms with E-state index in [9.17, 15) is 18.4 Å². The lowest BCUT2D eigenvalue weighted by molar-refractivity contribution is -0.116. The van der Waals surface area contributed by atoms with Crippen LogP contribution in [0.5, 0.6) is 0 Å². The molecule has 2 heterocycles. The second kappa shape index (κ2) is 8.96. The van der Waals surface area contributed by atoms with Gasteiger partial charge in [0.2, 0.25) is 11.8 Å². The third-order valence-electron chi connectivity index (χ3n) is 4.15.